The maximum Gasteiger partial charge on any atom is 0.295 e. The van der Waals surface area contributed by atoms with Crippen LogP contribution in [0.5, 0.6) is 5.75 Å². The SMILES string of the molecule is CCCN1C(=O)C(=O)/C(=C(/O)c2cc(Cl)ccc2OC)C1c1ccc(C(C)C)cc1. The lowest BCUT2D eigenvalue weighted by Gasteiger charge is -2.25. The largest absolute Gasteiger partial charge is 0.507 e. The maximum absolute atomic E-state index is 13.0. The van der Waals surface area contributed by atoms with Crippen molar-refractivity contribution >= 4 is 29.1 Å². The quantitative estimate of drug-likeness (QED) is 0.385. The zero-order valence-corrected chi connectivity index (χ0v) is 18.4. The van der Waals surface area contributed by atoms with Crippen LogP contribution in [0.4, 0.5) is 0 Å². The average molecular weight is 428 g/mol. The minimum atomic E-state index is -0.707. The molecule has 0 bridgehead atoms. The van der Waals surface area contributed by atoms with Crippen LogP contribution in [0.1, 0.15) is 55.8 Å². The van der Waals surface area contributed by atoms with Crippen molar-refractivity contribution < 1.29 is 19.4 Å². The molecule has 158 valence electrons. The van der Waals surface area contributed by atoms with E-state index < -0.39 is 17.7 Å². The Labute approximate surface area is 181 Å². The van der Waals surface area contributed by atoms with Crippen molar-refractivity contribution in [3.8, 4) is 5.75 Å². The van der Waals surface area contributed by atoms with Crippen LogP contribution in [0.25, 0.3) is 5.76 Å². The first kappa shape index (κ1) is 21.9. The number of nitrogens with zero attached hydrogens (tertiary/aromatic N) is 1. The van der Waals surface area contributed by atoms with E-state index >= 15 is 0 Å². The summed E-state index contributed by atoms with van der Waals surface area (Å²) < 4.78 is 5.34. The summed E-state index contributed by atoms with van der Waals surface area (Å²) in [6, 6.07) is 11.9. The third-order valence-electron chi connectivity index (χ3n) is 5.34. The zero-order chi connectivity index (χ0) is 22.0. The topological polar surface area (TPSA) is 66.8 Å². The minimum absolute atomic E-state index is 0.0475. The summed E-state index contributed by atoms with van der Waals surface area (Å²) in [4.78, 5) is 27.3. The molecule has 1 amide bonds. The molecular formula is C24H26ClNO4. The molecule has 2 aromatic rings. The van der Waals surface area contributed by atoms with Crippen molar-refractivity contribution in [2.45, 2.75) is 39.2 Å². The van der Waals surface area contributed by atoms with Gasteiger partial charge in [-0.1, -0.05) is 56.6 Å². The number of likely N-dealkylation sites (tertiary alicyclic amines) is 1. The molecule has 5 nitrogen and oxygen atoms in total. The molecule has 0 radical (unpaired) electrons. The number of hydrogen-bond donors (Lipinski definition) is 1. The lowest BCUT2D eigenvalue weighted by Crippen LogP contribution is -2.30. The Morgan fingerprint density at radius 3 is 2.40 bits per heavy atom. The third kappa shape index (κ3) is 3.94. The maximum atomic E-state index is 13.0. The predicted molar refractivity (Wildman–Crippen MR) is 118 cm³/mol. The van der Waals surface area contributed by atoms with Gasteiger partial charge in [0.15, 0.2) is 0 Å². The highest BCUT2D eigenvalue weighted by molar-refractivity contribution is 6.46. The molecule has 1 N–H and O–H groups in total. The van der Waals surface area contributed by atoms with Gasteiger partial charge in [-0.3, -0.25) is 9.59 Å². The van der Waals surface area contributed by atoms with Crippen LogP contribution in [-0.4, -0.2) is 35.4 Å². The first-order valence-electron chi connectivity index (χ1n) is 10.0. The third-order valence-corrected chi connectivity index (χ3v) is 5.58. The number of ether oxygens (including phenoxy) is 1. The fraction of sp³-hybridized carbons (Fsp3) is 0.333. The summed E-state index contributed by atoms with van der Waals surface area (Å²) in [5.41, 5.74) is 2.26. The lowest BCUT2D eigenvalue weighted by atomic mass is 9.93. The zero-order valence-electron chi connectivity index (χ0n) is 17.6. The summed E-state index contributed by atoms with van der Waals surface area (Å²) in [5, 5.41) is 11.5. The highest BCUT2D eigenvalue weighted by Crippen LogP contribution is 2.41. The molecule has 0 saturated carbocycles. The van der Waals surface area contributed by atoms with Crippen LogP contribution < -0.4 is 4.74 Å². The van der Waals surface area contributed by atoms with E-state index in [1.807, 2.05) is 31.2 Å². The number of amides is 1. The Morgan fingerprint density at radius 1 is 1.17 bits per heavy atom. The van der Waals surface area contributed by atoms with Gasteiger partial charge >= 0.3 is 0 Å². The number of ketones is 1. The summed E-state index contributed by atoms with van der Waals surface area (Å²) in [5.74, 6) is -0.883. The van der Waals surface area contributed by atoms with Gasteiger partial charge in [0, 0.05) is 11.6 Å². The normalized spacial score (nSPS) is 18.3. The van der Waals surface area contributed by atoms with E-state index in [0.717, 1.165) is 11.1 Å². The Kier molecular flexibility index (Phi) is 6.52. The number of carbonyl (C=O) groups excluding carboxylic acids is 2. The van der Waals surface area contributed by atoms with Crippen molar-refractivity contribution in [2.24, 2.45) is 0 Å². The molecule has 1 fully saturated rings. The van der Waals surface area contributed by atoms with Crippen LogP contribution in [0.3, 0.4) is 0 Å². The molecule has 1 atom stereocenters. The van der Waals surface area contributed by atoms with E-state index in [0.29, 0.717) is 29.7 Å². The lowest BCUT2D eigenvalue weighted by molar-refractivity contribution is -0.139. The fourth-order valence-corrected chi connectivity index (χ4v) is 3.94. The number of carbonyl (C=O) groups is 2. The van der Waals surface area contributed by atoms with Gasteiger partial charge < -0.3 is 14.7 Å². The van der Waals surface area contributed by atoms with E-state index in [1.165, 1.54) is 18.1 Å². The van der Waals surface area contributed by atoms with E-state index in [-0.39, 0.29) is 16.9 Å². The number of hydrogen-bond acceptors (Lipinski definition) is 4. The molecular weight excluding hydrogens is 402 g/mol. The van der Waals surface area contributed by atoms with Crippen molar-refractivity contribution in [1.82, 2.24) is 4.90 Å². The van der Waals surface area contributed by atoms with Gasteiger partial charge in [-0.05, 0) is 41.7 Å². The molecule has 1 unspecified atom stereocenters. The van der Waals surface area contributed by atoms with E-state index in [9.17, 15) is 14.7 Å². The molecule has 3 rings (SSSR count). The number of halogens is 1. The van der Waals surface area contributed by atoms with Crippen LogP contribution in [-0.2, 0) is 9.59 Å². The molecule has 0 spiro atoms. The molecule has 1 aliphatic heterocycles. The summed E-state index contributed by atoms with van der Waals surface area (Å²) in [6.45, 7) is 6.55. The van der Waals surface area contributed by atoms with Crippen LogP contribution in [0.15, 0.2) is 48.0 Å². The average Bonchev–Trinajstić information content (AvgIpc) is 2.98. The van der Waals surface area contributed by atoms with Gasteiger partial charge in [-0.25, -0.2) is 0 Å². The Morgan fingerprint density at radius 2 is 1.83 bits per heavy atom. The number of benzene rings is 2. The van der Waals surface area contributed by atoms with E-state index in [1.54, 1.807) is 12.1 Å². The molecule has 1 aliphatic rings. The Hall–Kier alpha value is -2.79. The molecule has 1 saturated heterocycles. The molecule has 2 aromatic carbocycles. The van der Waals surface area contributed by atoms with Gasteiger partial charge in [0.25, 0.3) is 11.7 Å². The highest BCUT2D eigenvalue weighted by atomic mass is 35.5. The van der Waals surface area contributed by atoms with Crippen molar-refractivity contribution in [1.29, 1.82) is 0 Å². The van der Waals surface area contributed by atoms with Gasteiger partial charge in [-0.15, -0.1) is 0 Å². The van der Waals surface area contributed by atoms with Crippen LogP contribution >= 0.6 is 11.6 Å². The van der Waals surface area contributed by atoms with Crippen LogP contribution in [0.2, 0.25) is 5.02 Å². The number of aliphatic hydroxyl groups excluding tert-OH is 1. The summed E-state index contributed by atoms with van der Waals surface area (Å²) >= 11 is 6.12. The molecule has 6 heteroatoms. The monoisotopic (exact) mass is 427 g/mol. The van der Waals surface area contributed by atoms with E-state index in [4.69, 9.17) is 16.3 Å². The smallest absolute Gasteiger partial charge is 0.295 e. The standard InChI is InChI=1S/C24H26ClNO4/c1-5-12-26-21(16-8-6-15(7-9-16)14(2)3)20(23(28)24(26)29)22(27)18-13-17(25)10-11-19(18)30-4/h6-11,13-14,21,27H,5,12H2,1-4H3/b22-20+. The number of methoxy groups -OCH3 is 1. The number of aliphatic hydroxyl groups is 1. The number of rotatable bonds is 6. The predicted octanol–water partition coefficient (Wildman–Crippen LogP) is 5.30. The van der Waals surface area contributed by atoms with Crippen LogP contribution in [0, 0.1) is 0 Å². The second-order valence-corrected chi connectivity index (χ2v) is 8.09. The van der Waals surface area contributed by atoms with E-state index in [2.05, 4.69) is 13.8 Å². The molecule has 1 heterocycles. The van der Waals surface area contributed by atoms with Gasteiger partial charge in [-0.2, -0.15) is 0 Å². The van der Waals surface area contributed by atoms with Crippen molar-refractivity contribution in [3.63, 3.8) is 0 Å². The van der Waals surface area contributed by atoms with Gasteiger partial charge in [0.05, 0.1) is 24.3 Å². The van der Waals surface area contributed by atoms with Gasteiger partial charge in [0.1, 0.15) is 11.5 Å². The summed E-state index contributed by atoms with van der Waals surface area (Å²) in [7, 11) is 1.47. The molecule has 0 aliphatic carbocycles. The molecule has 30 heavy (non-hydrogen) atoms. The van der Waals surface area contributed by atoms with Crippen molar-refractivity contribution in [3.05, 3.63) is 69.8 Å². The first-order chi connectivity index (χ1) is 14.3. The highest BCUT2D eigenvalue weighted by Gasteiger charge is 2.45. The first-order valence-corrected chi connectivity index (χ1v) is 10.4. The fourth-order valence-electron chi connectivity index (χ4n) is 3.77. The minimum Gasteiger partial charge on any atom is -0.507 e. The molecule has 0 aromatic heterocycles. The van der Waals surface area contributed by atoms with Crippen molar-refractivity contribution in [2.75, 3.05) is 13.7 Å². The van der Waals surface area contributed by atoms with Gasteiger partial charge in [0.2, 0.25) is 0 Å². The number of Topliss-reactive ketones (excluding diaryl/α,β-unsaturated/α-hetero) is 1. The Bertz CT molecular complexity index is 995. The second kappa shape index (κ2) is 8.92. The Balaban J connectivity index is 2.21. The second-order valence-electron chi connectivity index (χ2n) is 7.66. The summed E-state index contributed by atoms with van der Waals surface area (Å²) in [6.07, 6.45) is 0.689.